The van der Waals surface area contributed by atoms with Gasteiger partial charge >= 0.3 is 0 Å². The SMILES string of the molecule is Cc1cc(C(O)C2(CN)CCC(C)C2)c2ccccc2n1. The van der Waals surface area contributed by atoms with Crippen molar-refractivity contribution in [1.82, 2.24) is 4.98 Å². The molecule has 0 spiro atoms. The molecule has 112 valence electrons. The molecular formula is C18H24N2O. The van der Waals surface area contributed by atoms with Gasteiger partial charge in [0.2, 0.25) is 0 Å². The Hall–Kier alpha value is -1.45. The number of hydrogen-bond acceptors (Lipinski definition) is 3. The number of nitrogens with two attached hydrogens (primary N) is 1. The zero-order valence-electron chi connectivity index (χ0n) is 12.8. The second-order valence-corrected chi connectivity index (χ2v) is 6.69. The van der Waals surface area contributed by atoms with Crippen molar-refractivity contribution >= 4 is 10.9 Å². The zero-order chi connectivity index (χ0) is 15.0. The quantitative estimate of drug-likeness (QED) is 0.908. The summed E-state index contributed by atoms with van der Waals surface area (Å²) in [6, 6.07) is 10.1. The van der Waals surface area contributed by atoms with Gasteiger partial charge < -0.3 is 10.8 Å². The Morgan fingerprint density at radius 3 is 2.86 bits per heavy atom. The van der Waals surface area contributed by atoms with E-state index in [4.69, 9.17) is 5.73 Å². The van der Waals surface area contributed by atoms with Gasteiger partial charge in [-0.2, -0.15) is 0 Å². The molecule has 1 heterocycles. The minimum atomic E-state index is -0.515. The van der Waals surface area contributed by atoms with Gasteiger partial charge in [-0.25, -0.2) is 0 Å². The van der Waals surface area contributed by atoms with Crippen LogP contribution in [0.5, 0.6) is 0 Å². The summed E-state index contributed by atoms with van der Waals surface area (Å²) in [6.07, 6.45) is 2.64. The number of aliphatic hydroxyl groups excluding tert-OH is 1. The lowest BCUT2D eigenvalue weighted by Gasteiger charge is -2.34. The summed E-state index contributed by atoms with van der Waals surface area (Å²) in [5, 5.41) is 12.1. The first kappa shape index (κ1) is 14.5. The largest absolute Gasteiger partial charge is 0.388 e. The first-order chi connectivity index (χ1) is 10.1. The molecule has 21 heavy (non-hydrogen) atoms. The van der Waals surface area contributed by atoms with E-state index in [1.165, 1.54) is 0 Å². The van der Waals surface area contributed by atoms with Gasteiger partial charge in [0.25, 0.3) is 0 Å². The van der Waals surface area contributed by atoms with Crippen LogP contribution in [0.2, 0.25) is 0 Å². The van der Waals surface area contributed by atoms with Crippen molar-refractivity contribution in [3.8, 4) is 0 Å². The molecule has 3 unspecified atom stereocenters. The van der Waals surface area contributed by atoms with Gasteiger partial charge in [-0.05, 0) is 43.4 Å². The van der Waals surface area contributed by atoms with Crippen molar-refractivity contribution in [3.63, 3.8) is 0 Å². The van der Waals surface area contributed by atoms with Crippen LogP contribution in [-0.4, -0.2) is 16.6 Å². The van der Waals surface area contributed by atoms with Gasteiger partial charge in [0, 0.05) is 23.0 Å². The molecule has 0 aliphatic heterocycles. The highest BCUT2D eigenvalue weighted by molar-refractivity contribution is 5.82. The van der Waals surface area contributed by atoms with E-state index in [-0.39, 0.29) is 5.41 Å². The summed E-state index contributed by atoms with van der Waals surface area (Å²) in [7, 11) is 0. The van der Waals surface area contributed by atoms with Crippen LogP contribution in [0.4, 0.5) is 0 Å². The monoisotopic (exact) mass is 284 g/mol. The molecule has 0 radical (unpaired) electrons. The van der Waals surface area contributed by atoms with E-state index < -0.39 is 6.10 Å². The van der Waals surface area contributed by atoms with Crippen LogP contribution in [0, 0.1) is 18.3 Å². The highest BCUT2D eigenvalue weighted by Crippen LogP contribution is 2.50. The van der Waals surface area contributed by atoms with Crippen LogP contribution in [0.15, 0.2) is 30.3 Å². The molecule has 3 atom stereocenters. The normalized spacial score (nSPS) is 27.1. The molecule has 1 aliphatic carbocycles. The predicted octanol–water partition coefficient (Wildman–Crippen LogP) is 3.34. The molecular weight excluding hydrogens is 260 g/mol. The molecule has 1 saturated carbocycles. The molecule has 0 bridgehead atoms. The molecule has 1 aliphatic rings. The van der Waals surface area contributed by atoms with Crippen molar-refractivity contribution in [2.75, 3.05) is 6.54 Å². The van der Waals surface area contributed by atoms with E-state index in [2.05, 4.69) is 11.9 Å². The molecule has 1 fully saturated rings. The molecule has 0 saturated heterocycles. The minimum Gasteiger partial charge on any atom is -0.388 e. The zero-order valence-corrected chi connectivity index (χ0v) is 12.8. The number of aryl methyl sites for hydroxylation is 1. The Morgan fingerprint density at radius 2 is 2.19 bits per heavy atom. The van der Waals surface area contributed by atoms with Crippen LogP contribution in [-0.2, 0) is 0 Å². The second-order valence-electron chi connectivity index (χ2n) is 6.69. The number of aromatic nitrogens is 1. The standard InChI is InChI=1S/C18H24N2O/c1-12-7-8-18(10-12,11-19)17(21)15-9-13(2)20-16-6-4-3-5-14(15)16/h3-6,9,12,17,21H,7-8,10-11,19H2,1-2H3. The fourth-order valence-corrected chi connectivity index (χ4v) is 3.87. The molecule has 3 nitrogen and oxygen atoms in total. The van der Waals surface area contributed by atoms with E-state index in [0.29, 0.717) is 12.5 Å². The van der Waals surface area contributed by atoms with Gasteiger partial charge in [-0.1, -0.05) is 31.5 Å². The average Bonchev–Trinajstić information content (AvgIpc) is 2.88. The van der Waals surface area contributed by atoms with Crippen LogP contribution < -0.4 is 5.73 Å². The lowest BCUT2D eigenvalue weighted by atomic mass is 9.76. The second kappa shape index (κ2) is 5.39. The Bertz CT molecular complexity index is 655. The average molecular weight is 284 g/mol. The molecule has 3 N–H and O–H groups in total. The van der Waals surface area contributed by atoms with Gasteiger partial charge in [0.05, 0.1) is 11.6 Å². The summed E-state index contributed by atoms with van der Waals surface area (Å²) in [5.74, 6) is 0.636. The summed E-state index contributed by atoms with van der Waals surface area (Å²) >= 11 is 0. The third-order valence-corrected chi connectivity index (χ3v) is 5.05. The Kier molecular flexibility index (Phi) is 3.72. The molecule has 3 heteroatoms. The van der Waals surface area contributed by atoms with E-state index in [0.717, 1.165) is 41.4 Å². The Labute approximate surface area is 126 Å². The van der Waals surface area contributed by atoms with Crippen molar-refractivity contribution < 1.29 is 5.11 Å². The van der Waals surface area contributed by atoms with E-state index in [1.807, 2.05) is 37.3 Å². The highest BCUT2D eigenvalue weighted by Gasteiger charge is 2.43. The van der Waals surface area contributed by atoms with Crippen LogP contribution in [0.3, 0.4) is 0 Å². The maximum atomic E-state index is 11.1. The van der Waals surface area contributed by atoms with Crippen molar-refractivity contribution in [2.45, 2.75) is 39.2 Å². The van der Waals surface area contributed by atoms with Crippen LogP contribution in [0.25, 0.3) is 10.9 Å². The van der Waals surface area contributed by atoms with Crippen molar-refractivity contribution in [1.29, 1.82) is 0 Å². The number of nitrogens with zero attached hydrogens (tertiary/aromatic N) is 1. The highest BCUT2D eigenvalue weighted by atomic mass is 16.3. The summed E-state index contributed by atoms with van der Waals surface area (Å²) in [5.41, 5.74) is 8.77. The summed E-state index contributed by atoms with van der Waals surface area (Å²) in [6.45, 7) is 4.77. The molecule has 3 rings (SSSR count). The van der Waals surface area contributed by atoms with Gasteiger partial charge in [0.1, 0.15) is 0 Å². The van der Waals surface area contributed by atoms with Gasteiger partial charge in [-0.3, -0.25) is 4.98 Å². The van der Waals surface area contributed by atoms with Gasteiger partial charge in [-0.15, -0.1) is 0 Å². The van der Waals surface area contributed by atoms with E-state index in [9.17, 15) is 5.11 Å². The fraction of sp³-hybridized carbons (Fsp3) is 0.500. The number of hydrogen-bond donors (Lipinski definition) is 2. The number of para-hydroxylation sites is 1. The topological polar surface area (TPSA) is 59.1 Å². The summed E-state index contributed by atoms with van der Waals surface area (Å²) < 4.78 is 0. The first-order valence-electron chi connectivity index (χ1n) is 7.80. The van der Waals surface area contributed by atoms with Gasteiger partial charge in [0.15, 0.2) is 0 Å². The number of pyridine rings is 1. The van der Waals surface area contributed by atoms with E-state index >= 15 is 0 Å². The molecule has 2 aromatic rings. The number of aliphatic hydroxyl groups is 1. The lowest BCUT2D eigenvalue weighted by Crippen LogP contribution is -2.34. The Balaban J connectivity index is 2.11. The molecule has 1 aromatic heterocycles. The van der Waals surface area contributed by atoms with Crippen LogP contribution >= 0.6 is 0 Å². The third-order valence-electron chi connectivity index (χ3n) is 5.05. The maximum absolute atomic E-state index is 11.1. The number of fused-ring (bicyclic) bond motifs is 1. The maximum Gasteiger partial charge on any atom is 0.0865 e. The number of benzene rings is 1. The lowest BCUT2D eigenvalue weighted by molar-refractivity contribution is 0.0318. The van der Waals surface area contributed by atoms with Crippen molar-refractivity contribution in [3.05, 3.63) is 41.6 Å². The molecule has 1 aromatic carbocycles. The minimum absolute atomic E-state index is 0.185. The van der Waals surface area contributed by atoms with Crippen molar-refractivity contribution in [2.24, 2.45) is 17.1 Å². The van der Waals surface area contributed by atoms with E-state index in [1.54, 1.807) is 0 Å². The smallest absolute Gasteiger partial charge is 0.0865 e. The number of rotatable bonds is 3. The summed E-state index contributed by atoms with van der Waals surface area (Å²) in [4.78, 5) is 4.57. The molecule has 0 amide bonds. The predicted molar refractivity (Wildman–Crippen MR) is 85.9 cm³/mol. The van der Waals surface area contributed by atoms with Crippen LogP contribution in [0.1, 0.15) is 43.5 Å². The first-order valence-corrected chi connectivity index (χ1v) is 7.80. The third kappa shape index (κ3) is 2.45. The Morgan fingerprint density at radius 1 is 1.43 bits per heavy atom. The fourth-order valence-electron chi connectivity index (χ4n) is 3.87.